The van der Waals surface area contributed by atoms with Gasteiger partial charge in [-0.1, -0.05) is 35.5 Å². The van der Waals surface area contributed by atoms with Gasteiger partial charge in [0.15, 0.2) is 0 Å². The van der Waals surface area contributed by atoms with Crippen LogP contribution in [0, 0.1) is 0 Å². The summed E-state index contributed by atoms with van der Waals surface area (Å²) in [5, 5.41) is 6.51. The molecule has 0 aliphatic rings. The van der Waals surface area contributed by atoms with Crippen LogP contribution in [0.2, 0.25) is 0 Å². The SMILES string of the molecule is COc1ccc(-c2noc(CCC(=O)NCCS(=O)(=O)NCc3ccccc3)n2)cc1. The van der Waals surface area contributed by atoms with Gasteiger partial charge in [-0.3, -0.25) is 4.79 Å². The maximum absolute atomic E-state index is 12.0. The number of carbonyl (C=O) groups excluding carboxylic acids is 1. The Morgan fingerprint density at radius 2 is 1.84 bits per heavy atom. The molecule has 0 aliphatic heterocycles. The largest absolute Gasteiger partial charge is 0.497 e. The van der Waals surface area contributed by atoms with Crippen LogP contribution in [0.15, 0.2) is 59.1 Å². The summed E-state index contributed by atoms with van der Waals surface area (Å²) in [6.07, 6.45) is 0.371. The van der Waals surface area contributed by atoms with Crippen molar-refractivity contribution in [2.24, 2.45) is 0 Å². The lowest BCUT2D eigenvalue weighted by Crippen LogP contribution is -2.34. The highest BCUT2D eigenvalue weighted by Crippen LogP contribution is 2.19. The summed E-state index contributed by atoms with van der Waals surface area (Å²) >= 11 is 0. The first-order valence-corrected chi connectivity index (χ1v) is 11.4. The summed E-state index contributed by atoms with van der Waals surface area (Å²) in [7, 11) is -1.90. The number of aryl methyl sites for hydroxylation is 1. The van der Waals surface area contributed by atoms with E-state index in [0.29, 0.717) is 11.7 Å². The molecule has 0 fully saturated rings. The zero-order chi connectivity index (χ0) is 22.1. The van der Waals surface area contributed by atoms with Crippen molar-refractivity contribution in [2.75, 3.05) is 19.4 Å². The van der Waals surface area contributed by atoms with Crippen molar-refractivity contribution in [3.8, 4) is 17.1 Å². The van der Waals surface area contributed by atoms with Gasteiger partial charge in [0.25, 0.3) is 0 Å². The standard InChI is InChI=1S/C21H24N4O5S/c1-29-18-9-7-17(8-10-18)21-24-20(30-25-21)12-11-19(26)22-13-14-31(27,28)23-15-16-5-3-2-4-6-16/h2-10,23H,11-15H2,1H3,(H,22,26). The summed E-state index contributed by atoms with van der Waals surface area (Å²) in [4.78, 5) is 16.3. The van der Waals surface area contributed by atoms with E-state index in [1.165, 1.54) is 0 Å². The Balaban J connectivity index is 1.38. The minimum Gasteiger partial charge on any atom is -0.497 e. The highest BCUT2D eigenvalue weighted by atomic mass is 32.2. The number of ether oxygens (including phenoxy) is 1. The van der Waals surface area contributed by atoms with Gasteiger partial charge in [0, 0.05) is 31.5 Å². The number of methoxy groups -OCH3 is 1. The van der Waals surface area contributed by atoms with Crippen molar-refractivity contribution < 1.29 is 22.5 Å². The van der Waals surface area contributed by atoms with Crippen LogP contribution in [-0.2, 0) is 27.8 Å². The first kappa shape index (κ1) is 22.4. The molecular formula is C21H24N4O5S. The van der Waals surface area contributed by atoms with Crippen molar-refractivity contribution in [3.63, 3.8) is 0 Å². The molecule has 0 saturated carbocycles. The number of hydrogen-bond acceptors (Lipinski definition) is 7. The average molecular weight is 445 g/mol. The summed E-state index contributed by atoms with van der Waals surface area (Å²) < 4.78 is 36.9. The van der Waals surface area contributed by atoms with Crippen molar-refractivity contribution in [3.05, 3.63) is 66.1 Å². The van der Waals surface area contributed by atoms with E-state index >= 15 is 0 Å². The number of nitrogens with zero attached hydrogens (tertiary/aromatic N) is 2. The van der Waals surface area contributed by atoms with Crippen molar-refractivity contribution in [1.82, 2.24) is 20.2 Å². The molecule has 10 heteroatoms. The second-order valence-electron chi connectivity index (χ2n) is 6.72. The number of rotatable bonds is 11. The number of benzene rings is 2. The Kier molecular flexibility index (Phi) is 7.74. The molecule has 0 atom stereocenters. The van der Waals surface area contributed by atoms with E-state index in [0.717, 1.165) is 16.9 Å². The number of nitrogens with one attached hydrogen (secondary N) is 2. The molecule has 1 aromatic heterocycles. The van der Waals surface area contributed by atoms with Crippen LogP contribution in [0.1, 0.15) is 17.9 Å². The van der Waals surface area contributed by atoms with Crippen LogP contribution in [0.5, 0.6) is 5.75 Å². The van der Waals surface area contributed by atoms with Crippen LogP contribution < -0.4 is 14.8 Å². The third-order valence-corrected chi connectivity index (χ3v) is 5.74. The van der Waals surface area contributed by atoms with Gasteiger partial charge in [-0.2, -0.15) is 4.98 Å². The lowest BCUT2D eigenvalue weighted by Gasteiger charge is -2.08. The fourth-order valence-electron chi connectivity index (χ4n) is 2.71. The lowest BCUT2D eigenvalue weighted by molar-refractivity contribution is -0.121. The fraction of sp³-hybridized carbons (Fsp3) is 0.286. The quantitative estimate of drug-likeness (QED) is 0.463. The van der Waals surface area contributed by atoms with Gasteiger partial charge in [-0.25, -0.2) is 13.1 Å². The lowest BCUT2D eigenvalue weighted by atomic mass is 10.2. The van der Waals surface area contributed by atoms with Crippen LogP contribution in [0.25, 0.3) is 11.4 Å². The Morgan fingerprint density at radius 3 is 2.55 bits per heavy atom. The van der Waals surface area contributed by atoms with Gasteiger partial charge in [-0.15, -0.1) is 0 Å². The molecule has 3 rings (SSSR count). The van der Waals surface area contributed by atoms with Gasteiger partial charge >= 0.3 is 0 Å². The number of hydrogen-bond donors (Lipinski definition) is 2. The predicted octanol–water partition coefficient (Wildman–Crippen LogP) is 1.91. The normalized spacial score (nSPS) is 11.3. The molecule has 0 bridgehead atoms. The molecule has 1 amide bonds. The van der Waals surface area contributed by atoms with E-state index in [1.54, 1.807) is 19.2 Å². The van der Waals surface area contributed by atoms with Crippen LogP contribution >= 0.6 is 0 Å². The summed E-state index contributed by atoms with van der Waals surface area (Å²) in [6, 6.07) is 16.4. The number of carbonyl (C=O) groups is 1. The third-order valence-electron chi connectivity index (χ3n) is 4.41. The van der Waals surface area contributed by atoms with E-state index < -0.39 is 10.0 Å². The van der Waals surface area contributed by atoms with E-state index in [2.05, 4.69) is 20.2 Å². The Hall–Kier alpha value is -3.24. The molecule has 2 aromatic carbocycles. The number of sulfonamides is 1. The molecule has 0 aliphatic carbocycles. The zero-order valence-electron chi connectivity index (χ0n) is 17.1. The van der Waals surface area contributed by atoms with E-state index in [-0.39, 0.29) is 37.6 Å². The van der Waals surface area contributed by atoms with E-state index in [9.17, 15) is 13.2 Å². The average Bonchev–Trinajstić information content (AvgIpc) is 3.26. The van der Waals surface area contributed by atoms with Crippen molar-refractivity contribution in [1.29, 1.82) is 0 Å². The van der Waals surface area contributed by atoms with Gasteiger partial charge < -0.3 is 14.6 Å². The van der Waals surface area contributed by atoms with E-state index in [1.807, 2.05) is 42.5 Å². The fourth-order valence-corrected chi connectivity index (χ4v) is 3.61. The predicted molar refractivity (Wildman–Crippen MR) is 115 cm³/mol. The minimum atomic E-state index is -3.49. The topological polar surface area (TPSA) is 123 Å². The molecule has 0 unspecified atom stereocenters. The maximum Gasteiger partial charge on any atom is 0.227 e. The highest BCUT2D eigenvalue weighted by Gasteiger charge is 2.13. The smallest absolute Gasteiger partial charge is 0.227 e. The molecular weight excluding hydrogens is 420 g/mol. The summed E-state index contributed by atoms with van der Waals surface area (Å²) in [6.45, 7) is 0.231. The van der Waals surface area contributed by atoms with E-state index in [4.69, 9.17) is 9.26 Å². The van der Waals surface area contributed by atoms with Crippen LogP contribution in [-0.4, -0.2) is 43.9 Å². The van der Waals surface area contributed by atoms with Crippen LogP contribution in [0.3, 0.4) is 0 Å². The van der Waals surface area contributed by atoms with Gasteiger partial charge in [0.1, 0.15) is 5.75 Å². The van der Waals surface area contributed by atoms with Gasteiger partial charge in [-0.05, 0) is 29.8 Å². The monoisotopic (exact) mass is 444 g/mol. The van der Waals surface area contributed by atoms with Crippen molar-refractivity contribution in [2.45, 2.75) is 19.4 Å². The molecule has 1 heterocycles. The molecule has 0 radical (unpaired) electrons. The molecule has 3 aromatic rings. The second kappa shape index (κ2) is 10.7. The first-order valence-electron chi connectivity index (χ1n) is 9.70. The third kappa shape index (κ3) is 7.19. The molecule has 31 heavy (non-hydrogen) atoms. The summed E-state index contributed by atoms with van der Waals surface area (Å²) in [5.41, 5.74) is 1.64. The number of aromatic nitrogens is 2. The second-order valence-corrected chi connectivity index (χ2v) is 8.64. The molecule has 0 saturated heterocycles. The first-order chi connectivity index (χ1) is 14.9. The highest BCUT2D eigenvalue weighted by molar-refractivity contribution is 7.89. The van der Waals surface area contributed by atoms with Gasteiger partial charge in [0.2, 0.25) is 27.6 Å². The molecule has 9 nitrogen and oxygen atoms in total. The minimum absolute atomic E-state index is 0.0177. The number of amides is 1. The maximum atomic E-state index is 12.0. The molecule has 2 N–H and O–H groups in total. The molecule has 164 valence electrons. The molecule has 0 spiro atoms. The van der Waals surface area contributed by atoms with Gasteiger partial charge in [0.05, 0.1) is 12.9 Å². The Bertz CT molecular complexity index is 1080. The van der Waals surface area contributed by atoms with Crippen LogP contribution in [0.4, 0.5) is 0 Å². The Morgan fingerprint density at radius 1 is 1.10 bits per heavy atom. The summed E-state index contributed by atoms with van der Waals surface area (Å²) in [5.74, 6) is 0.990. The zero-order valence-corrected chi connectivity index (χ0v) is 17.9. The Labute approximate surface area is 180 Å². The van der Waals surface area contributed by atoms with Crippen molar-refractivity contribution >= 4 is 15.9 Å².